The van der Waals surface area contributed by atoms with Crippen LogP contribution in [-0.2, 0) is 20.1 Å². The third kappa shape index (κ3) is 1.96. The average molecular weight is 217 g/mol. The molecule has 0 saturated heterocycles. The number of rotatable bonds is 3. The Morgan fingerprint density at radius 1 is 1.31 bits per heavy atom. The molecular formula is C13H19N3. The summed E-state index contributed by atoms with van der Waals surface area (Å²) in [4.78, 5) is 2.19. The third-order valence-electron chi connectivity index (χ3n) is 2.86. The van der Waals surface area contributed by atoms with Gasteiger partial charge in [-0.25, -0.2) is 0 Å². The molecule has 16 heavy (non-hydrogen) atoms. The van der Waals surface area contributed by atoms with E-state index >= 15 is 0 Å². The number of fused-ring (bicyclic) bond motifs is 1. The number of hydrogen-bond acceptors (Lipinski definition) is 2. The molecule has 2 rings (SSSR count). The van der Waals surface area contributed by atoms with Crippen molar-refractivity contribution in [2.75, 3.05) is 14.1 Å². The van der Waals surface area contributed by atoms with Crippen LogP contribution in [-0.4, -0.2) is 23.6 Å². The highest BCUT2D eigenvalue weighted by molar-refractivity contribution is 5.84. The lowest BCUT2D eigenvalue weighted by molar-refractivity contribution is 0.404. The highest BCUT2D eigenvalue weighted by Gasteiger charge is 2.07. The fraction of sp³-hybridized carbons (Fsp3) is 0.385. The summed E-state index contributed by atoms with van der Waals surface area (Å²) < 4.78 is 2.17. The predicted molar refractivity (Wildman–Crippen MR) is 68.2 cm³/mol. The van der Waals surface area contributed by atoms with E-state index in [0.29, 0.717) is 6.54 Å². The largest absolute Gasteiger partial charge is 0.350 e. The molecular weight excluding hydrogens is 198 g/mol. The minimum absolute atomic E-state index is 0.601. The topological polar surface area (TPSA) is 34.2 Å². The third-order valence-corrected chi connectivity index (χ3v) is 2.86. The van der Waals surface area contributed by atoms with Gasteiger partial charge < -0.3 is 15.2 Å². The van der Waals surface area contributed by atoms with Gasteiger partial charge in [0.15, 0.2) is 0 Å². The zero-order valence-electron chi connectivity index (χ0n) is 10.2. The van der Waals surface area contributed by atoms with Crippen molar-refractivity contribution in [1.29, 1.82) is 0 Å². The van der Waals surface area contributed by atoms with Gasteiger partial charge in [0.1, 0.15) is 0 Å². The van der Waals surface area contributed by atoms with Crippen molar-refractivity contribution in [1.82, 2.24) is 9.47 Å². The number of aryl methyl sites for hydroxylation is 1. The summed E-state index contributed by atoms with van der Waals surface area (Å²) in [5.41, 5.74) is 9.48. The molecule has 0 saturated carbocycles. The van der Waals surface area contributed by atoms with E-state index in [0.717, 1.165) is 6.54 Å². The van der Waals surface area contributed by atoms with Gasteiger partial charge in [-0.3, -0.25) is 0 Å². The quantitative estimate of drug-likeness (QED) is 0.849. The number of aromatic nitrogens is 1. The molecule has 0 aliphatic rings. The van der Waals surface area contributed by atoms with Crippen LogP contribution in [0.15, 0.2) is 24.4 Å². The fourth-order valence-electron chi connectivity index (χ4n) is 2.11. The Bertz CT molecular complexity index is 497. The zero-order valence-corrected chi connectivity index (χ0v) is 10.2. The van der Waals surface area contributed by atoms with E-state index in [1.807, 2.05) is 0 Å². The second kappa shape index (κ2) is 4.28. The number of hydrogen-bond donors (Lipinski definition) is 1. The molecule has 86 valence electrons. The molecule has 0 aliphatic heterocycles. The Hall–Kier alpha value is -1.32. The van der Waals surface area contributed by atoms with Crippen LogP contribution in [0.4, 0.5) is 0 Å². The SMILES string of the molecule is CN(C)Cc1cn(C)c2cc(CN)ccc12. The lowest BCUT2D eigenvalue weighted by Gasteiger charge is -2.07. The molecule has 0 radical (unpaired) electrons. The number of benzene rings is 1. The maximum Gasteiger partial charge on any atom is 0.0484 e. The van der Waals surface area contributed by atoms with Gasteiger partial charge in [0.05, 0.1) is 0 Å². The van der Waals surface area contributed by atoms with Gasteiger partial charge >= 0.3 is 0 Å². The minimum atomic E-state index is 0.601. The Morgan fingerprint density at radius 3 is 2.69 bits per heavy atom. The van der Waals surface area contributed by atoms with E-state index in [-0.39, 0.29) is 0 Å². The van der Waals surface area contributed by atoms with Crippen LogP contribution in [0.25, 0.3) is 10.9 Å². The number of nitrogens with zero attached hydrogens (tertiary/aromatic N) is 2. The van der Waals surface area contributed by atoms with Crippen molar-refractivity contribution >= 4 is 10.9 Å². The smallest absolute Gasteiger partial charge is 0.0484 e. The van der Waals surface area contributed by atoms with Gasteiger partial charge in [0, 0.05) is 37.2 Å². The highest BCUT2D eigenvalue weighted by Crippen LogP contribution is 2.22. The first kappa shape index (κ1) is 11.2. The molecule has 3 nitrogen and oxygen atoms in total. The second-order valence-electron chi connectivity index (χ2n) is 4.56. The maximum atomic E-state index is 5.66. The summed E-state index contributed by atoms with van der Waals surface area (Å²) in [5, 5.41) is 1.33. The molecule has 0 amide bonds. The van der Waals surface area contributed by atoms with Crippen LogP contribution in [0.3, 0.4) is 0 Å². The van der Waals surface area contributed by atoms with E-state index in [1.165, 1.54) is 22.0 Å². The summed E-state index contributed by atoms with van der Waals surface area (Å²) in [6, 6.07) is 6.46. The lowest BCUT2D eigenvalue weighted by Crippen LogP contribution is -2.10. The summed E-state index contributed by atoms with van der Waals surface area (Å²) in [6.45, 7) is 1.57. The molecule has 0 bridgehead atoms. The first-order valence-corrected chi connectivity index (χ1v) is 5.53. The number of nitrogens with two attached hydrogens (primary N) is 1. The Kier molecular flexibility index (Phi) is 2.99. The fourth-order valence-corrected chi connectivity index (χ4v) is 2.11. The van der Waals surface area contributed by atoms with Crippen molar-refractivity contribution in [3.63, 3.8) is 0 Å². The van der Waals surface area contributed by atoms with Crippen molar-refractivity contribution in [2.45, 2.75) is 13.1 Å². The van der Waals surface area contributed by atoms with E-state index in [1.54, 1.807) is 0 Å². The van der Waals surface area contributed by atoms with Gasteiger partial charge in [-0.1, -0.05) is 12.1 Å². The molecule has 2 N–H and O–H groups in total. The standard InChI is InChI=1S/C13H19N3/c1-15(2)8-11-9-16(3)13-6-10(7-14)4-5-12(11)13/h4-6,9H,7-8,14H2,1-3H3. The normalized spacial score (nSPS) is 11.6. The van der Waals surface area contributed by atoms with Crippen LogP contribution >= 0.6 is 0 Å². The zero-order chi connectivity index (χ0) is 11.7. The summed E-state index contributed by atoms with van der Waals surface area (Å²) in [6.07, 6.45) is 2.20. The van der Waals surface area contributed by atoms with Gasteiger partial charge in [-0.15, -0.1) is 0 Å². The molecule has 0 spiro atoms. The van der Waals surface area contributed by atoms with Crippen molar-refractivity contribution < 1.29 is 0 Å². The summed E-state index contributed by atoms with van der Waals surface area (Å²) in [7, 11) is 6.27. The van der Waals surface area contributed by atoms with Crippen LogP contribution in [0.1, 0.15) is 11.1 Å². The monoisotopic (exact) mass is 217 g/mol. The van der Waals surface area contributed by atoms with Crippen LogP contribution < -0.4 is 5.73 Å². The van der Waals surface area contributed by atoms with E-state index in [9.17, 15) is 0 Å². The summed E-state index contributed by atoms with van der Waals surface area (Å²) in [5.74, 6) is 0. The van der Waals surface area contributed by atoms with Crippen LogP contribution in [0.5, 0.6) is 0 Å². The lowest BCUT2D eigenvalue weighted by atomic mass is 10.1. The molecule has 3 heteroatoms. The molecule has 1 aromatic heterocycles. The summed E-state index contributed by atoms with van der Waals surface area (Å²) >= 11 is 0. The van der Waals surface area contributed by atoms with E-state index in [2.05, 4.69) is 55.0 Å². The molecule has 2 aromatic rings. The van der Waals surface area contributed by atoms with Crippen molar-refractivity contribution in [2.24, 2.45) is 12.8 Å². The molecule has 0 aliphatic carbocycles. The highest BCUT2D eigenvalue weighted by atomic mass is 15.1. The van der Waals surface area contributed by atoms with Crippen LogP contribution in [0, 0.1) is 0 Å². The van der Waals surface area contributed by atoms with Gasteiger partial charge in [0.25, 0.3) is 0 Å². The van der Waals surface area contributed by atoms with E-state index < -0.39 is 0 Å². The molecule has 0 unspecified atom stereocenters. The van der Waals surface area contributed by atoms with Gasteiger partial charge in [-0.05, 0) is 31.3 Å². The first-order valence-electron chi connectivity index (χ1n) is 5.53. The van der Waals surface area contributed by atoms with Gasteiger partial charge in [0.2, 0.25) is 0 Å². The molecule has 1 aromatic carbocycles. The van der Waals surface area contributed by atoms with E-state index in [4.69, 9.17) is 5.73 Å². The van der Waals surface area contributed by atoms with Crippen molar-refractivity contribution in [3.8, 4) is 0 Å². The first-order chi connectivity index (χ1) is 7.61. The molecule has 1 heterocycles. The average Bonchev–Trinajstić information content (AvgIpc) is 2.54. The maximum absolute atomic E-state index is 5.66. The molecule has 0 atom stereocenters. The second-order valence-corrected chi connectivity index (χ2v) is 4.56. The Labute approximate surface area is 96.5 Å². The molecule has 0 fully saturated rings. The van der Waals surface area contributed by atoms with Crippen LogP contribution in [0.2, 0.25) is 0 Å². The Balaban J connectivity index is 2.53. The Morgan fingerprint density at radius 2 is 2.06 bits per heavy atom. The predicted octanol–water partition coefficient (Wildman–Crippen LogP) is 1.70. The van der Waals surface area contributed by atoms with Gasteiger partial charge in [-0.2, -0.15) is 0 Å². The van der Waals surface area contributed by atoms with Crippen molar-refractivity contribution in [3.05, 3.63) is 35.5 Å². The minimum Gasteiger partial charge on any atom is -0.350 e.